The highest BCUT2D eigenvalue weighted by Crippen LogP contribution is 2.31. The number of benzene rings is 1. The van der Waals surface area contributed by atoms with E-state index in [1.165, 1.54) is 7.11 Å². The van der Waals surface area contributed by atoms with Gasteiger partial charge in [-0.3, -0.25) is 4.79 Å². The van der Waals surface area contributed by atoms with Crippen molar-refractivity contribution in [2.45, 2.75) is 19.8 Å². The van der Waals surface area contributed by atoms with Crippen LogP contribution in [-0.2, 0) is 9.53 Å². The van der Waals surface area contributed by atoms with Crippen molar-refractivity contribution in [2.24, 2.45) is 5.92 Å². The van der Waals surface area contributed by atoms with Crippen LogP contribution < -0.4 is 0 Å². The van der Waals surface area contributed by atoms with Gasteiger partial charge >= 0.3 is 5.97 Å². The first-order valence-corrected chi connectivity index (χ1v) is 5.75. The van der Waals surface area contributed by atoms with Crippen LogP contribution in [-0.4, -0.2) is 13.1 Å². The Hall–Kier alpha value is -0.730. The number of methoxy groups -OCH3 is 1. The van der Waals surface area contributed by atoms with E-state index in [1.54, 1.807) is 18.2 Å². The average Bonchev–Trinajstić information content (AvgIpc) is 2.22. The third kappa shape index (κ3) is 2.89. The summed E-state index contributed by atoms with van der Waals surface area (Å²) in [6, 6.07) is 5.21. The third-order valence-corrected chi connectivity index (χ3v) is 3.16. The molecule has 1 aromatic rings. The molecule has 1 unspecified atom stereocenters. The lowest BCUT2D eigenvalue weighted by atomic mass is 9.88. The zero-order valence-corrected chi connectivity index (χ0v) is 11.0. The predicted octanol–water partition coefficient (Wildman–Crippen LogP) is 3.91. The maximum absolute atomic E-state index is 11.7. The summed E-state index contributed by atoms with van der Waals surface area (Å²) in [6.07, 6.45) is 0. The molecular formula is C12H14Cl2O2. The molecule has 0 aliphatic carbocycles. The molecule has 0 saturated heterocycles. The molecule has 1 aromatic carbocycles. The highest BCUT2D eigenvalue weighted by atomic mass is 35.5. The van der Waals surface area contributed by atoms with Gasteiger partial charge in [-0.2, -0.15) is 0 Å². The van der Waals surface area contributed by atoms with Gasteiger partial charge in [0.2, 0.25) is 0 Å². The molecule has 1 rings (SSSR count). The van der Waals surface area contributed by atoms with E-state index in [0.29, 0.717) is 10.0 Å². The molecule has 0 heterocycles. The molecule has 0 aliphatic heterocycles. The van der Waals surface area contributed by atoms with E-state index in [9.17, 15) is 4.79 Å². The quantitative estimate of drug-likeness (QED) is 0.771. The van der Waals surface area contributed by atoms with Crippen molar-refractivity contribution >= 4 is 29.2 Å². The lowest BCUT2D eigenvalue weighted by molar-refractivity contribution is -0.143. The highest BCUT2D eigenvalue weighted by molar-refractivity contribution is 6.42. The molecular weight excluding hydrogens is 247 g/mol. The third-order valence-electron chi connectivity index (χ3n) is 2.42. The summed E-state index contributed by atoms with van der Waals surface area (Å²) in [4.78, 5) is 11.7. The molecule has 0 radical (unpaired) electrons. The monoisotopic (exact) mass is 260 g/mol. The smallest absolute Gasteiger partial charge is 0.313 e. The van der Waals surface area contributed by atoms with Crippen molar-refractivity contribution in [3.63, 3.8) is 0 Å². The maximum atomic E-state index is 11.7. The summed E-state index contributed by atoms with van der Waals surface area (Å²) >= 11 is 11.8. The van der Waals surface area contributed by atoms with Crippen molar-refractivity contribution in [1.29, 1.82) is 0 Å². The Balaban J connectivity index is 3.11. The van der Waals surface area contributed by atoms with Crippen LogP contribution in [0.2, 0.25) is 10.0 Å². The average molecular weight is 261 g/mol. The van der Waals surface area contributed by atoms with Gasteiger partial charge in [0.05, 0.1) is 23.1 Å². The lowest BCUT2D eigenvalue weighted by Gasteiger charge is -2.19. The molecule has 0 spiro atoms. The van der Waals surface area contributed by atoms with Gasteiger partial charge in [0, 0.05) is 0 Å². The number of rotatable bonds is 3. The van der Waals surface area contributed by atoms with Crippen molar-refractivity contribution in [2.75, 3.05) is 7.11 Å². The predicted molar refractivity (Wildman–Crippen MR) is 66.1 cm³/mol. The van der Waals surface area contributed by atoms with Crippen LogP contribution in [0.5, 0.6) is 0 Å². The first kappa shape index (κ1) is 13.3. The first-order valence-electron chi connectivity index (χ1n) is 5.00. The van der Waals surface area contributed by atoms with E-state index in [4.69, 9.17) is 27.9 Å². The second-order valence-electron chi connectivity index (χ2n) is 3.92. The Morgan fingerprint density at radius 3 is 2.31 bits per heavy atom. The van der Waals surface area contributed by atoms with E-state index < -0.39 is 0 Å². The molecule has 0 aliphatic rings. The molecule has 88 valence electrons. The number of esters is 1. The summed E-state index contributed by atoms with van der Waals surface area (Å²) in [5.41, 5.74) is 0.830. The van der Waals surface area contributed by atoms with Crippen molar-refractivity contribution in [3.8, 4) is 0 Å². The van der Waals surface area contributed by atoms with E-state index in [-0.39, 0.29) is 17.8 Å². The number of halogens is 2. The summed E-state index contributed by atoms with van der Waals surface area (Å²) in [5, 5.41) is 0.937. The molecule has 16 heavy (non-hydrogen) atoms. The minimum Gasteiger partial charge on any atom is -0.469 e. The minimum atomic E-state index is -0.306. The zero-order valence-electron chi connectivity index (χ0n) is 9.46. The molecule has 1 atom stereocenters. The molecule has 0 fully saturated rings. The SMILES string of the molecule is COC(=O)C(c1ccc(Cl)c(Cl)c1)C(C)C. The minimum absolute atomic E-state index is 0.143. The van der Waals surface area contributed by atoms with Crippen LogP contribution in [0.1, 0.15) is 25.3 Å². The van der Waals surface area contributed by atoms with Crippen molar-refractivity contribution in [1.82, 2.24) is 0 Å². The molecule has 0 N–H and O–H groups in total. The van der Waals surface area contributed by atoms with Crippen molar-refractivity contribution in [3.05, 3.63) is 33.8 Å². The van der Waals surface area contributed by atoms with Gasteiger partial charge in [-0.05, 0) is 23.6 Å². The van der Waals surface area contributed by atoms with Crippen molar-refractivity contribution < 1.29 is 9.53 Å². The number of hydrogen-bond donors (Lipinski definition) is 0. The van der Waals surface area contributed by atoms with E-state index in [2.05, 4.69) is 0 Å². The molecule has 0 aromatic heterocycles. The highest BCUT2D eigenvalue weighted by Gasteiger charge is 2.25. The Morgan fingerprint density at radius 2 is 1.88 bits per heavy atom. The van der Waals surface area contributed by atoms with Gasteiger partial charge in [0.15, 0.2) is 0 Å². The van der Waals surface area contributed by atoms with Crippen LogP contribution in [0.4, 0.5) is 0 Å². The van der Waals surface area contributed by atoms with Gasteiger partial charge in [0.25, 0.3) is 0 Å². The fraction of sp³-hybridized carbons (Fsp3) is 0.417. The first-order chi connectivity index (χ1) is 7.47. The Bertz CT molecular complexity index is 389. The Labute approximate surface area is 106 Å². The van der Waals surface area contributed by atoms with E-state index in [0.717, 1.165) is 5.56 Å². The fourth-order valence-electron chi connectivity index (χ4n) is 1.63. The number of carbonyl (C=O) groups excluding carboxylic acids is 1. The Kier molecular flexibility index (Phi) is 4.63. The normalized spacial score (nSPS) is 12.6. The van der Waals surface area contributed by atoms with Gasteiger partial charge in [-0.15, -0.1) is 0 Å². The molecule has 0 bridgehead atoms. The van der Waals surface area contributed by atoms with Crippen LogP contribution >= 0.6 is 23.2 Å². The second kappa shape index (κ2) is 5.55. The molecule has 4 heteroatoms. The molecule has 2 nitrogen and oxygen atoms in total. The van der Waals surface area contributed by atoms with Crippen LogP contribution in [0.15, 0.2) is 18.2 Å². The summed E-state index contributed by atoms with van der Waals surface area (Å²) in [7, 11) is 1.38. The fourth-order valence-corrected chi connectivity index (χ4v) is 1.93. The standard InChI is InChI=1S/C12H14Cl2O2/c1-7(2)11(12(15)16-3)8-4-5-9(13)10(14)6-8/h4-7,11H,1-3H3. The van der Waals surface area contributed by atoms with Gasteiger partial charge in [-0.1, -0.05) is 43.1 Å². The van der Waals surface area contributed by atoms with Crippen LogP contribution in [0.25, 0.3) is 0 Å². The zero-order chi connectivity index (χ0) is 12.3. The van der Waals surface area contributed by atoms with E-state index in [1.807, 2.05) is 13.8 Å². The van der Waals surface area contributed by atoms with Gasteiger partial charge in [-0.25, -0.2) is 0 Å². The number of carbonyl (C=O) groups is 1. The van der Waals surface area contributed by atoms with Gasteiger partial charge < -0.3 is 4.74 Å². The van der Waals surface area contributed by atoms with Crippen LogP contribution in [0.3, 0.4) is 0 Å². The maximum Gasteiger partial charge on any atom is 0.313 e. The van der Waals surface area contributed by atoms with Crippen LogP contribution in [0, 0.1) is 5.92 Å². The Morgan fingerprint density at radius 1 is 1.25 bits per heavy atom. The molecule has 0 amide bonds. The van der Waals surface area contributed by atoms with E-state index >= 15 is 0 Å². The number of ether oxygens (including phenoxy) is 1. The summed E-state index contributed by atoms with van der Waals surface area (Å²) in [6.45, 7) is 3.92. The molecule has 0 saturated carbocycles. The summed E-state index contributed by atoms with van der Waals surface area (Å²) in [5.74, 6) is -0.419. The largest absolute Gasteiger partial charge is 0.469 e. The lowest BCUT2D eigenvalue weighted by Crippen LogP contribution is -2.19. The van der Waals surface area contributed by atoms with Gasteiger partial charge in [0.1, 0.15) is 0 Å². The second-order valence-corrected chi connectivity index (χ2v) is 4.73. The summed E-state index contributed by atoms with van der Waals surface area (Å²) < 4.78 is 4.78. The number of hydrogen-bond acceptors (Lipinski definition) is 2. The topological polar surface area (TPSA) is 26.3 Å².